The Kier molecular flexibility index (Phi) is 9.57. The van der Waals surface area contributed by atoms with Gasteiger partial charge in [-0.15, -0.1) is 12.1 Å². The Morgan fingerprint density at radius 1 is 1.10 bits per heavy atom. The van der Waals surface area contributed by atoms with Crippen LogP contribution in [0.5, 0.6) is 0 Å². The molecule has 1 aromatic rings. The van der Waals surface area contributed by atoms with Gasteiger partial charge in [0.15, 0.2) is 0 Å². The molecule has 0 saturated heterocycles. The zero-order valence-electron chi connectivity index (χ0n) is 5.43. The molecule has 0 nitrogen and oxygen atoms in total. The third-order valence-corrected chi connectivity index (χ3v) is 1.18. The second-order valence-corrected chi connectivity index (χ2v) is 1.74. The topological polar surface area (TPSA) is 0 Å². The third kappa shape index (κ3) is 4.16. The molecule has 0 aliphatic heterocycles. The third-order valence-electron chi connectivity index (χ3n) is 0.926. The first-order chi connectivity index (χ1) is 3.93. The molecule has 1 rings (SSSR count). The molecule has 0 heterocycles. The molecule has 0 bridgehead atoms. The van der Waals surface area contributed by atoms with E-state index in [0.717, 1.165) is 5.56 Å². The monoisotopic (exact) mass is 224 g/mol. The number of halogens is 2. The van der Waals surface area contributed by atoms with Crippen LogP contribution in [0.2, 0.25) is 0 Å². The van der Waals surface area contributed by atoms with Crippen LogP contribution in [0.15, 0.2) is 30.3 Å². The van der Waals surface area contributed by atoms with Crippen LogP contribution in [-0.2, 0) is 19.5 Å². The summed E-state index contributed by atoms with van der Waals surface area (Å²) >= 11 is 5.40. The van der Waals surface area contributed by atoms with Gasteiger partial charge in [-0.25, -0.2) is 0 Å². The Balaban J connectivity index is 0. The fourth-order valence-corrected chi connectivity index (χ4v) is 0.671. The predicted molar refractivity (Wildman–Crippen MR) is 35.7 cm³/mol. The average molecular weight is 226 g/mol. The Morgan fingerprint density at radius 3 is 1.90 bits per heavy atom. The van der Waals surface area contributed by atoms with Gasteiger partial charge in [0.1, 0.15) is 0 Å². The van der Waals surface area contributed by atoms with Crippen molar-refractivity contribution < 1.29 is 31.9 Å². The first kappa shape index (κ1) is 12.9. The van der Waals surface area contributed by atoms with Gasteiger partial charge >= 0.3 is 19.5 Å². The van der Waals surface area contributed by atoms with E-state index in [0.29, 0.717) is 0 Å². The summed E-state index contributed by atoms with van der Waals surface area (Å²) in [5.41, 5.74) is 1.05. The average Bonchev–Trinajstić information content (AvgIpc) is 1.90. The van der Waals surface area contributed by atoms with Crippen molar-refractivity contribution in [3.63, 3.8) is 0 Å². The van der Waals surface area contributed by atoms with E-state index >= 15 is 0 Å². The molecule has 0 unspecified atom stereocenters. The van der Waals surface area contributed by atoms with Gasteiger partial charge in [0.25, 0.3) is 0 Å². The number of rotatable bonds is 1. The molecule has 0 N–H and O–H groups in total. The minimum atomic E-state index is 0. The smallest absolute Gasteiger partial charge is 1.00 e. The van der Waals surface area contributed by atoms with E-state index in [-0.39, 0.29) is 31.9 Å². The van der Waals surface area contributed by atoms with E-state index in [4.69, 9.17) is 11.6 Å². The Morgan fingerprint density at radius 2 is 1.60 bits per heavy atom. The van der Waals surface area contributed by atoms with Gasteiger partial charge in [0.2, 0.25) is 0 Å². The first-order valence-electron chi connectivity index (χ1n) is 2.42. The zero-order chi connectivity index (χ0) is 5.82. The Labute approximate surface area is 85.1 Å². The van der Waals surface area contributed by atoms with Crippen molar-refractivity contribution in [2.45, 2.75) is 0 Å². The molecule has 0 saturated carbocycles. The summed E-state index contributed by atoms with van der Waals surface area (Å²) in [6, 6.07) is 9.77. The van der Waals surface area contributed by atoms with E-state index in [9.17, 15) is 0 Å². The van der Waals surface area contributed by atoms with Crippen LogP contribution in [0.3, 0.4) is 0 Å². The molecule has 10 heavy (non-hydrogen) atoms. The van der Waals surface area contributed by atoms with Crippen LogP contribution >= 0.6 is 11.6 Å². The second kappa shape index (κ2) is 7.40. The summed E-state index contributed by atoms with van der Waals surface area (Å²) in [7, 11) is 0. The van der Waals surface area contributed by atoms with Gasteiger partial charge in [0.05, 0.1) is 0 Å². The van der Waals surface area contributed by atoms with Crippen molar-refractivity contribution in [3.05, 3.63) is 41.8 Å². The molecule has 3 heteroatoms. The summed E-state index contributed by atoms with van der Waals surface area (Å²) in [6.07, 6.45) is 0. The van der Waals surface area contributed by atoms with Crippen molar-refractivity contribution >= 4 is 11.6 Å². The fraction of sp³-hybridized carbons (Fsp3) is 0. The van der Waals surface area contributed by atoms with Crippen LogP contribution in [0, 0.1) is 5.88 Å². The van der Waals surface area contributed by atoms with Crippen LogP contribution in [0.25, 0.3) is 0 Å². The van der Waals surface area contributed by atoms with Crippen LogP contribution in [0.4, 0.5) is 0 Å². The molecule has 0 aliphatic carbocycles. The van der Waals surface area contributed by atoms with E-state index in [1.807, 2.05) is 30.3 Å². The van der Waals surface area contributed by atoms with Gasteiger partial charge in [-0.2, -0.15) is 29.3 Å². The van der Waals surface area contributed by atoms with Crippen LogP contribution < -0.4 is 12.4 Å². The maximum absolute atomic E-state index is 5.40. The first-order valence-corrected chi connectivity index (χ1v) is 2.85. The molecule has 1 aromatic carbocycles. The summed E-state index contributed by atoms with van der Waals surface area (Å²) in [5.74, 6) is 1.56. The van der Waals surface area contributed by atoms with Gasteiger partial charge in [-0.05, 0) is 0 Å². The predicted octanol–water partition coefficient (Wildman–Crippen LogP) is -0.563. The van der Waals surface area contributed by atoms with Gasteiger partial charge in [-0.1, -0.05) is 11.9 Å². The molecule has 0 radical (unpaired) electrons. The minimum absolute atomic E-state index is 0. The largest absolute Gasteiger partial charge is 2.00 e. The molecule has 0 aliphatic rings. The van der Waals surface area contributed by atoms with E-state index < -0.39 is 0 Å². The fourth-order valence-electron chi connectivity index (χ4n) is 0.526. The standard InChI is InChI=1S/C7H6Cl.ClH.Zn/c8-6-7-4-2-1-3-5-7;;/h1-6H;1H;/q-1;;+2/p-1. The van der Waals surface area contributed by atoms with Crippen LogP contribution in [0.1, 0.15) is 5.56 Å². The minimum Gasteiger partial charge on any atom is -1.00 e. The van der Waals surface area contributed by atoms with Crippen LogP contribution in [-0.4, -0.2) is 0 Å². The molecule has 0 amide bonds. The second-order valence-electron chi connectivity index (χ2n) is 1.52. The van der Waals surface area contributed by atoms with E-state index in [1.165, 1.54) is 0 Å². The number of hydrogen-bond donors (Lipinski definition) is 0. The molecule has 0 aromatic heterocycles. The number of benzene rings is 1. The molecule has 0 spiro atoms. The zero-order valence-corrected chi connectivity index (χ0v) is 9.91. The number of hydrogen-bond acceptors (Lipinski definition) is 0. The molecular weight excluding hydrogens is 220 g/mol. The van der Waals surface area contributed by atoms with Crippen molar-refractivity contribution in [1.82, 2.24) is 0 Å². The van der Waals surface area contributed by atoms with Crippen molar-refractivity contribution in [2.75, 3.05) is 0 Å². The quantitative estimate of drug-likeness (QED) is 0.445. The molecule has 0 fully saturated rings. The Hall–Kier alpha value is 0.293. The summed E-state index contributed by atoms with van der Waals surface area (Å²) in [4.78, 5) is 0. The maximum atomic E-state index is 5.40. The van der Waals surface area contributed by atoms with Gasteiger partial charge in [-0.3, -0.25) is 0 Å². The van der Waals surface area contributed by atoms with E-state index in [1.54, 1.807) is 5.88 Å². The summed E-state index contributed by atoms with van der Waals surface area (Å²) in [5, 5.41) is 0. The van der Waals surface area contributed by atoms with Crippen molar-refractivity contribution in [3.8, 4) is 0 Å². The SMILES string of the molecule is Cl[CH-]c1ccccc1.[Cl-].[Zn+2]. The molecular formula is C7H6Cl2Zn. The maximum Gasteiger partial charge on any atom is 2.00 e. The van der Waals surface area contributed by atoms with E-state index in [2.05, 4.69) is 0 Å². The summed E-state index contributed by atoms with van der Waals surface area (Å²) < 4.78 is 0. The van der Waals surface area contributed by atoms with Crippen molar-refractivity contribution in [1.29, 1.82) is 0 Å². The molecule has 0 atom stereocenters. The van der Waals surface area contributed by atoms with Gasteiger partial charge in [0, 0.05) is 0 Å². The van der Waals surface area contributed by atoms with Crippen molar-refractivity contribution in [2.24, 2.45) is 0 Å². The Bertz CT molecular complexity index is 153. The molecule has 50 valence electrons. The normalized spacial score (nSPS) is 6.90. The van der Waals surface area contributed by atoms with Gasteiger partial charge < -0.3 is 12.4 Å². The summed E-state index contributed by atoms with van der Waals surface area (Å²) in [6.45, 7) is 0.